The first-order chi connectivity index (χ1) is 9.53. The highest BCUT2D eigenvalue weighted by Gasteiger charge is 2.18. The van der Waals surface area contributed by atoms with Crippen LogP contribution in [-0.2, 0) is 10.0 Å². The van der Waals surface area contributed by atoms with Gasteiger partial charge in [0.2, 0.25) is 10.0 Å². The average molecular weight is 291 g/mol. The maximum absolute atomic E-state index is 12.2. The van der Waals surface area contributed by atoms with E-state index >= 15 is 0 Å². The van der Waals surface area contributed by atoms with Crippen LogP contribution >= 0.6 is 0 Å². The molecule has 2 rings (SSSR count). The summed E-state index contributed by atoms with van der Waals surface area (Å²) >= 11 is 0. The fourth-order valence-electron chi connectivity index (χ4n) is 1.80. The number of nitrogens with one attached hydrogen (secondary N) is 2. The van der Waals surface area contributed by atoms with E-state index in [1.807, 2.05) is 37.3 Å². The Morgan fingerprint density at radius 3 is 2.35 bits per heavy atom. The van der Waals surface area contributed by atoms with E-state index in [4.69, 9.17) is 0 Å². The number of nitrogens with zero attached hydrogens (tertiary/aromatic N) is 1. The van der Waals surface area contributed by atoms with Crippen LogP contribution in [0.4, 0.5) is 5.82 Å². The number of sulfonamides is 1. The van der Waals surface area contributed by atoms with Crippen LogP contribution in [0.3, 0.4) is 0 Å². The normalized spacial score (nSPS) is 12.9. The molecule has 1 atom stereocenters. The van der Waals surface area contributed by atoms with Gasteiger partial charge in [-0.25, -0.2) is 18.1 Å². The Bertz CT molecular complexity index is 655. The molecule has 0 aliphatic heterocycles. The first-order valence-corrected chi connectivity index (χ1v) is 7.72. The van der Waals surface area contributed by atoms with Gasteiger partial charge >= 0.3 is 0 Å². The summed E-state index contributed by atoms with van der Waals surface area (Å²) in [6.45, 7) is 1.81. The molecule has 0 saturated carbocycles. The number of hydrogen-bond acceptors (Lipinski definition) is 4. The molecule has 0 aliphatic carbocycles. The summed E-state index contributed by atoms with van der Waals surface area (Å²) in [4.78, 5) is 4.17. The molecule has 0 fully saturated rings. The van der Waals surface area contributed by atoms with Gasteiger partial charge in [0, 0.05) is 19.3 Å². The standard InChI is InChI=1S/C14H17N3O2S/c1-11(12-6-4-3-5-7-12)17-20(18,19)13-8-9-14(15-2)16-10-13/h3-11,17H,1-2H3,(H,15,16). The molecule has 106 valence electrons. The fourth-order valence-corrected chi connectivity index (χ4v) is 2.97. The van der Waals surface area contributed by atoms with Gasteiger partial charge in [-0.3, -0.25) is 0 Å². The van der Waals surface area contributed by atoms with E-state index in [1.54, 1.807) is 13.1 Å². The molecule has 6 heteroatoms. The lowest BCUT2D eigenvalue weighted by Crippen LogP contribution is -2.27. The van der Waals surface area contributed by atoms with Crippen molar-refractivity contribution in [2.75, 3.05) is 12.4 Å². The van der Waals surface area contributed by atoms with Crippen molar-refractivity contribution < 1.29 is 8.42 Å². The van der Waals surface area contributed by atoms with E-state index in [1.165, 1.54) is 12.3 Å². The van der Waals surface area contributed by atoms with E-state index in [0.29, 0.717) is 5.82 Å². The van der Waals surface area contributed by atoms with Crippen molar-refractivity contribution in [2.24, 2.45) is 0 Å². The molecule has 5 nitrogen and oxygen atoms in total. The van der Waals surface area contributed by atoms with Gasteiger partial charge in [0.05, 0.1) is 0 Å². The Morgan fingerprint density at radius 1 is 1.10 bits per heavy atom. The summed E-state index contributed by atoms with van der Waals surface area (Å²) in [6, 6.07) is 12.3. The second kappa shape index (κ2) is 6.02. The first kappa shape index (κ1) is 14.5. The Labute approximate surface area is 119 Å². The predicted molar refractivity (Wildman–Crippen MR) is 79.0 cm³/mol. The monoisotopic (exact) mass is 291 g/mol. The van der Waals surface area contributed by atoms with Gasteiger partial charge in [-0.05, 0) is 24.6 Å². The molecular formula is C14H17N3O2S. The molecule has 1 aromatic carbocycles. The van der Waals surface area contributed by atoms with Crippen LogP contribution in [0.15, 0.2) is 53.6 Å². The van der Waals surface area contributed by atoms with Gasteiger partial charge in [0.25, 0.3) is 0 Å². The minimum atomic E-state index is -3.57. The summed E-state index contributed by atoms with van der Waals surface area (Å²) < 4.78 is 27.1. The smallest absolute Gasteiger partial charge is 0.242 e. The van der Waals surface area contributed by atoms with Gasteiger partial charge in [0.15, 0.2) is 0 Å². The molecule has 0 bridgehead atoms. The second-order valence-electron chi connectivity index (χ2n) is 4.38. The van der Waals surface area contributed by atoms with Gasteiger partial charge in [-0.15, -0.1) is 0 Å². The fraction of sp³-hybridized carbons (Fsp3) is 0.214. The topological polar surface area (TPSA) is 71.1 Å². The highest BCUT2D eigenvalue weighted by molar-refractivity contribution is 7.89. The zero-order valence-corrected chi connectivity index (χ0v) is 12.2. The van der Waals surface area contributed by atoms with Crippen molar-refractivity contribution in [3.63, 3.8) is 0 Å². The van der Waals surface area contributed by atoms with Gasteiger partial charge < -0.3 is 5.32 Å². The molecule has 2 aromatic rings. The van der Waals surface area contributed by atoms with Crippen molar-refractivity contribution in [1.82, 2.24) is 9.71 Å². The summed E-state index contributed by atoms with van der Waals surface area (Å²) in [6.07, 6.45) is 1.34. The number of pyridine rings is 1. The number of anilines is 1. The third-order valence-corrected chi connectivity index (χ3v) is 4.46. The van der Waals surface area contributed by atoms with Crippen LogP contribution in [0.5, 0.6) is 0 Å². The Balaban J connectivity index is 2.18. The molecule has 1 unspecified atom stereocenters. The highest BCUT2D eigenvalue weighted by atomic mass is 32.2. The van der Waals surface area contributed by atoms with E-state index in [0.717, 1.165) is 5.56 Å². The van der Waals surface area contributed by atoms with E-state index in [2.05, 4.69) is 15.0 Å². The van der Waals surface area contributed by atoms with Crippen LogP contribution < -0.4 is 10.0 Å². The van der Waals surface area contributed by atoms with Gasteiger partial charge in [0.1, 0.15) is 10.7 Å². The molecule has 20 heavy (non-hydrogen) atoms. The van der Waals surface area contributed by atoms with Crippen LogP contribution in [0.25, 0.3) is 0 Å². The number of rotatable bonds is 5. The van der Waals surface area contributed by atoms with Crippen LogP contribution in [-0.4, -0.2) is 20.4 Å². The summed E-state index contributed by atoms with van der Waals surface area (Å²) in [5.74, 6) is 0.625. The quantitative estimate of drug-likeness (QED) is 0.885. The van der Waals surface area contributed by atoms with Crippen LogP contribution in [0, 0.1) is 0 Å². The van der Waals surface area contributed by atoms with Crippen molar-refractivity contribution in [3.8, 4) is 0 Å². The minimum absolute atomic E-state index is 0.152. The second-order valence-corrected chi connectivity index (χ2v) is 6.10. The zero-order valence-electron chi connectivity index (χ0n) is 11.4. The van der Waals surface area contributed by atoms with Crippen LogP contribution in [0.1, 0.15) is 18.5 Å². The summed E-state index contributed by atoms with van der Waals surface area (Å²) in [7, 11) is -1.84. The number of aromatic nitrogens is 1. The SMILES string of the molecule is CNc1ccc(S(=O)(=O)NC(C)c2ccccc2)cn1. The molecule has 0 amide bonds. The molecule has 0 saturated heterocycles. The lowest BCUT2D eigenvalue weighted by molar-refractivity contribution is 0.566. The van der Waals surface area contributed by atoms with Gasteiger partial charge in [-0.1, -0.05) is 30.3 Å². The third kappa shape index (κ3) is 3.34. The van der Waals surface area contributed by atoms with Crippen molar-refractivity contribution in [2.45, 2.75) is 17.9 Å². The molecule has 1 aromatic heterocycles. The minimum Gasteiger partial charge on any atom is -0.373 e. The van der Waals surface area contributed by atoms with E-state index in [-0.39, 0.29) is 10.9 Å². The average Bonchev–Trinajstić information content (AvgIpc) is 2.48. The molecule has 0 radical (unpaired) electrons. The number of benzene rings is 1. The van der Waals surface area contributed by atoms with Crippen molar-refractivity contribution in [1.29, 1.82) is 0 Å². The Hall–Kier alpha value is -1.92. The highest BCUT2D eigenvalue weighted by Crippen LogP contribution is 2.16. The molecule has 1 heterocycles. The van der Waals surface area contributed by atoms with Crippen molar-refractivity contribution in [3.05, 3.63) is 54.2 Å². The Kier molecular flexibility index (Phi) is 4.36. The van der Waals surface area contributed by atoms with Crippen LogP contribution in [0.2, 0.25) is 0 Å². The molecule has 2 N–H and O–H groups in total. The predicted octanol–water partition coefficient (Wildman–Crippen LogP) is 2.16. The van der Waals surface area contributed by atoms with E-state index < -0.39 is 10.0 Å². The maximum Gasteiger partial charge on any atom is 0.242 e. The third-order valence-electron chi connectivity index (χ3n) is 2.93. The molecular weight excluding hydrogens is 274 g/mol. The summed E-state index contributed by atoms with van der Waals surface area (Å²) in [5.41, 5.74) is 0.913. The lowest BCUT2D eigenvalue weighted by atomic mass is 10.1. The zero-order chi connectivity index (χ0) is 14.6. The molecule has 0 aliphatic rings. The summed E-state index contributed by atoms with van der Waals surface area (Å²) in [5, 5.41) is 2.85. The first-order valence-electron chi connectivity index (χ1n) is 6.24. The molecule has 0 spiro atoms. The number of hydrogen-bond donors (Lipinski definition) is 2. The van der Waals surface area contributed by atoms with E-state index in [9.17, 15) is 8.42 Å². The maximum atomic E-state index is 12.2. The largest absolute Gasteiger partial charge is 0.373 e. The lowest BCUT2D eigenvalue weighted by Gasteiger charge is -2.14. The Morgan fingerprint density at radius 2 is 1.80 bits per heavy atom. The van der Waals surface area contributed by atoms with Gasteiger partial charge in [-0.2, -0.15) is 0 Å². The van der Waals surface area contributed by atoms with Crippen molar-refractivity contribution >= 4 is 15.8 Å².